The summed E-state index contributed by atoms with van der Waals surface area (Å²) in [5, 5.41) is 0. The highest BCUT2D eigenvalue weighted by Crippen LogP contribution is 2.09. The minimum absolute atomic E-state index is 0.574. The van der Waals surface area contributed by atoms with Crippen molar-refractivity contribution in [3.63, 3.8) is 0 Å². The number of alkyl halides is 3. The Labute approximate surface area is 57.8 Å². The first kappa shape index (κ1) is 9.71. The Kier molecular flexibility index (Phi) is 2.67. The fraction of sp³-hybridized carbons (Fsp3) is 1.00. The summed E-state index contributed by atoms with van der Waals surface area (Å²) in [4.78, 5) is 0. The van der Waals surface area contributed by atoms with Crippen LogP contribution in [0.2, 0.25) is 0 Å². The molecule has 10 heavy (non-hydrogen) atoms. The second-order valence-corrected chi connectivity index (χ2v) is 3.00. The molecule has 0 aliphatic carbocycles. The lowest BCUT2D eigenvalue weighted by molar-refractivity contribution is -0.171. The van der Waals surface area contributed by atoms with Crippen LogP contribution in [0.4, 0.5) is 13.2 Å². The van der Waals surface area contributed by atoms with Gasteiger partial charge in [0.15, 0.2) is 0 Å². The molecule has 0 aromatic heterocycles. The number of hydrazine groups is 1. The average Bonchev–Trinajstić information content (AvgIpc) is 1.57. The van der Waals surface area contributed by atoms with Crippen LogP contribution in [-0.2, 0) is 0 Å². The van der Waals surface area contributed by atoms with E-state index in [1.807, 2.05) is 0 Å². The van der Waals surface area contributed by atoms with E-state index in [0.29, 0.717) is 0 Å². The van der Waals surface area contributed by atoms with E-state index in [9.17, 15) is 13.2 Å². The van der Waals surface area contributed by atoms with Crippen molar-refractivity contribution in [2.24, 2.45) is 0 Å². The van der Waals surface area contributed by atoms with Crippen LogP contribution < -0.4 is 10.9 Å². The zero-order valence-electron chi connectivity index (χ0n) is 6.13. The monoisotopic (exact) mass is 156 g/mol. The maximum Gasteiger partial charge on any atom is 0.470 e. The summed E-state index contributed by atoms with van der Waals surface area (Å²) in [6.45, 7) is 4.89. The molecule has 0 unspecified atom stereocenters. The Morgan fingerprint density at radius 3 is 1.40 bits per heavy atom. The van der Waals surface area contributed by atoms with Crippen LogP contribution in [0.1, 0.15) is 20.8 Å². The predicted molar refractivity (Wildman–Crippen MR) is 32.1 cm³/mol. The summed E-state index contributed by atoms with van der Waals surface area (Å²) in [6.07, 6.45) is -4.35. The van der Waals surface area contributed by atoms with E-state index in [4.69, 9.17) is 0 Å². The third-order valence-corrected chi connectivity index (χ3v) is 0.579. The zero-order valence-corrected chi connectivity index (χ0v) is 6.13. The van der Waals surface area contributed by atoms with Gasteiger partial charge in [-0.3, -0.25) is 0 Å². The molecule has 0 atom stereocenters. The van der Waals surface area contributed by atoms with Gasteiger partial charge in [-0.25, -0.2) is 5.43 Å². The van der Waals surface area contributed by atoms with Gasteiger partial charge in [0, 0.05) is 5.54 Å². The maximum atomic E-state index is 11.4. The first-order chi connectivity index (χ1) is 4.21. The number of rotatable bonds is 1. The van der Waals surface area contributed by atoms with Crippen LogP contribution in [0, 0.1) is 0 Å². The van der Waals surface area contributed by atoms with Gasteiger partial charge in [0.05, 0.1) is 0 Å². The average molecular weight is 156 g/mol. The molecule has 0 fully saturated rings. The third kappa shape index (κ3) is 7.71. The Morgan fingerprint density at radius 2 is 1.30 bits per heavy atom. The topological polar surface area (TPSA) is 24.1 Å². The highest BCUT2D eigenvalue weighted by Gasteiger charge is 2.28. The van der Waals surface area contributed by atoms with E-state index >= 15 is 0 Å². The molecule has 2 nitrogen and oxygen atoms in total. The van der Waals surface area contributed by atoms with Crippen molar-refractivity contribution in [2.75, 3.05) is 0 Å². The summed E-state index contributed by atoms with van der Waals surface area (Å²) in [7, 11) is 0. The molecule has 0 amide bonds. The first-order valence-corrected chi connectivity index (χ1v) is 2.82. The largest absolute Gasteiger partial charge is 0.470 e. The van der Waals surface area contributed by atoms with Gasteiger partial charge in [0.25, 0.3) is 0 Å². The molecule has 0 aromatic rings. The van der Waals surface area contributed by atoms with Crippen LogP contribution in [0.25, 0.3) is 0 Å². The number of hydrogen-bond donors (Lipinski definition) is 2. The number of nitrogens with one attached hydrogen (secondary N) is 2. The lowest BCUT2D eigenvalue weighted by Gasteiger charge is -2.22. The first-order valence-electron chi connectivity index (χ1n) is 2.82. The Balaban J connectivity index is 3.56. The molecule has 0 bridgehead atoms. The van der Waals surface area contributed by atoms with Gasteiger partial charge in [-0.05, 0) is 20.8 Å². The summed E-state index contributed by atoms with van der Waals surface area (Å²) in [5.74, 6) is 0. The minimum Gasteiger partial charge on any atom is -0.245 e. The molecule has 0 saturated carbocycles. The second kappa shape index (κ2) is 2.75. The lowest BCUT2D eigenvalue weighted by atomic mass is 10.1. The van der Waals surface area contributed by atoms with Crippen molar-refractivity contribution in [1.29, 1.82) is 0 Å². The Hall–Kier alpha value is -0.290. The van der Waals surface area contributed by atoms with Crippen molar-refractivity contribution in [3.05, 3.63) is 0 Å². The second-order valence-electron chi connectivity index (χ2n) is 3.00. The van der Waals surface area contributed by atoms with Crippen molar-refractivity contribution >= 4 is 0 Å². The Bertz CT molecular complexity index is 88.4. The molecule has 0 aromatic carbocycles. The van der Waals surface area contributed by atoms with Crippen LogP contribution in [0.15, 0.2) is 0 Å². The summed E-state index contributed by atoms with van der Waals surface area (Å²) < 4.78 is 34.2. The van der Waals surface area contributed by atoms with Crippen molar-refractivity contribution in [2.45, 2.75) is 32.6 Å². The molecular weight excluding hydrogens is 145 g/mol. The van der Waals surface area contributed by atoms with Crippen LogP contribution in [0.3, 0.4) is 0 Å². The van der Waals surface area contributed by atoms with Crippen molar-refractivity contribution in [3.8, 4) is 0 Å². The van der Waals surface area contributed by atoms with Crippen molar-refractivity contribution in [1.82, 2.24) is 10.9 Å². The number of halogens is 3. The summed E-state index contributed by atoms with van der Waals surface area (Å²) in [6, 6.07) is 0. The van der Waals surface area contributed by atoms with Crippen LogP contribution in [0.5, 0.6) is 0 Å². The van der Waals surface area contributed by atoms with Gasteiger partial charge in [0.1, 0.15) is 0 Å². The van der Waals surface area contributed by atoms with Gasteiger partial charge in [-0.2, -0.15) is 18.6 Å². The highest BCUT2D eigenvalue weighted by molar-refractivity contribution is 4.67. The van der Waals surface area contributed by atoms with Gasteiger partial charge >= 0.3 is 6.30 Å². The smallest absolute Gasteiger partial charge is 0.245 e. The molecule has 0 heterocycles. The fourth-order valence-corrected chi connectivity index (χ4v) is 0.258. The maximum absolute atomic E-state index is 11.4. The van der Waals surface area contributed by atoms with E-state index in [0.717, 1.165) is 0 Å². The molecule has 0 spiro atoms. The Morgan fingerprint density at radius 1 is 0.900 bits per heavy atom. The number of hydrogen-bond acceptors (Lipinski definition) is 2. The van der Waals surface area contributed by atoms with E-state index < -0.39 is 11.8 Å². The predicted octanol–water partition coefficient (Wildman–Crippen LogP) is 1.40. The zero-order chi connectivity index (χ0) is 8.41. The van der Waals surface area contributed by atoms with E-state index in [2.05, 4.69) is 5.43 Å². The molecule has 0 aliphatic heterocycles. The van der Waals surface area contributed by atoms with E-state index in [1.165, 1.54) is 5.43 Å². The molecule has 2 N–H and O–H groups in total. The molecular formula is C5H11F3N2. The summed E-state index contributed by atoms with van der Waals surface area (Å²) >= 11 is 0. The molecule has 0 saturated heterocycles. The van der Waals surface area contributed by atoms with Gasteiger partial charge in [-0.15, -0.1) is 0 Å². The SMILES string of the molecule is CC(C)(C)NNC(F)(F)F. The summed E-state index contributed by atoms with van der Waals surface area (Å²) in [5.41, 5.74) is 2.72. The van der Waals surface area contributed by atoms with Gasteiger partial charge in [-0.1, -0.05) is 0 Å². The normalized spacial score (nSPS) is 13.8. The standard InChI is InChI=1S/C5H11F3N2/c1-4(2,3)9-10-5(6,7)8/h9-10H,1-3H3. The molecule has 0 aliphatic rings. The van der Waals surface area contributed by atoms with Crippen LogP contribution >= 0.6 is 0 Å². The molecule has 0 radical (unpaired) electrons. The third-order valence-electron chi connectivity index (χ3n) is 0.579. The van der Waals surface area contributed by atoms with Crippen molar-refractivity contribution < 1.29 is 13.2 Å². The van der Waals surface area contributed by atoms with E-state index in [-0.39, 0.29) is 0 Å². The molecule has 62 valence electrons. The highest BCUT2D eigenvalue weighted by atomic mass is 19.4. The molecule has 5 heteroatoms. The van der Waals surface area contributed by atoms with E-state index in [1.54, 1.807) is 20.8 Å². The van der Waals surface area contributed by atoms with Gasteiger partial charge < -0.3 is 0 Å². The molecule has 0 rings (SSSR count). The minimum atomic E-state index is -4.35. The van der Waals surface area contributed by atoms with Gasteiger partial charge in [0.2, 0.25) is 0 Å². The fourth-order valence-electron chi connectivity index (χ4n) is 0.258. The van der Waals surface area contributed by atoms with Crippen LogP contribution in [-0.4, -0.2) is 11.8 Å². The quantitative estimate of drug-likeness (QED) is 0.443. The lowest BCUT2D eigenvalue weighted by Crippen LogP contribution is -2.52.